The number of carbonyl (C=O) groups is 1. The lowest BCUT2D eigenvalue weighted by Gasteiger charge is -2.34. The molecule has 1 N–H and O–H groups in total. The second kappa shape index (κ2) is 8.81. The fourth-order valence-corrected chi connectivity index (χ4v) is 3.57. The number of nitrogens with zero attached hydrogens (tertiary/aromatic N) is 3. The molecule has 2 aromatic rings. The van der Waals surface area contributed by atoms with E-state index in [4.69, 9.17) is 0 Å². The Labute approximate surface area is 150 Å². The lowest BCUT2D eigenvalue weighted by Crippen LogP contribution is -2.49. The smallest absolute Gasteiger partial charge is 0.237 e. The van der Waals surface area contributed by atoms with Crippen molar-refractivity contribution in [1.29, 1.82) is 0 Å². The Bertz CT molecular complexity index is 667. The van der Waals surface area contributed by atoms with Crippen LogP contribution in [0, 0.1) is 0 Å². The van der Waals surface area contributed by atoms with Crippen LogP contribution >= 0.6 is 0 Å². The van der Waals surface area contributed by atoms with Gasteiger partial charge >= 0.3 is 0 Å². The molecule has 0 bridgehead atoms. The minimum Gasteiger partial charge on any atom is -0.353 e. The van der Waals surface area contributed by atoms with Crippen molar-refractivity contribution >= 4 is 5.91 Å². The standard InChI is InChI=1S/C20H28N4O/c1-2-19-21-11-14-23(19)15-12-22-20(25)18-10-6-7-13-24(18)16-17-8-4-3-5-9-17/h3-5,8-9,11,14,18H,2,6-7,10,12-13,15-16H2,1H3,(H,22,25)/t18-/m1/s1. The number of aromatic nitrogens is 2. The maximum absolute atomic E-state index is 12.7. The van der Waals surface area contributed by atoms with E-state index in [1.165, 1.54) is 12.0 Å². The molecule has 0 aliphatic carbocycles. The molecule has 1 atom stereocenters. The molecule has 0 radical (unpaired) electrons. The molecular weight excluding hydrogens is 312 g/mol. The SMILES string of the molecule is CCc1nccn1CCNC(=O)[C@H]1CCCCN1Cc1ccccc1. The first-order valence-corrected chi connectivity index (χ1v) is 9.33. The summed E-state index contributed by atoms with van der Waals surface area (Å²) in [5, 5.41) is 3.13. The van der Waals surface area contributed by atoms with Crippen molar-refractivity contribution in [2.75, 3.05) is 13.1 Å². The van der Waals surface area contributed by atoms with Gasteiger partial charge in [-0.3, -0.25) is 9.69 Å². The minimum atomic E-state index is -0.0117. The topological polar surface area (TPSA) is 50.2 Å². The fraction of sp³-hybridized carbons (Fsp3) is 0.500. The van der Waals surface area contributed by atoms with Crippen LogP contribution in [0.3, 0.4) is 0 Å². The molecule has 3 rings (SSSR count). The zero-order valence-electron chi connectivity index (χ0n) is 15.0. The molecule has 1 aromatic carbocycles. The van der Waals surface area contributed by atoms with E-state index in [0.29, 0.717) is 6.54 Å². The fourth-order valence-electron chi connectivity index (χ4n) is 3.57. The summed E-state index contributed by atoms with van der Waals surface area (Å²) in [5.74, 6) is 1.23. The highest BCUT2D eigenvalue weighted by atomic mass is 16.2. The highest BCUT2D eigenvalue weighted by Gasteiger charge is 2.28. The van der Waals surface area contributed by atoms with Crippen LogP contribution in [-0.4, -0.2) is 39.5 Å². The Morgan fingerprint density at radius 1 is 1.28 bits per heavy atom. The molecule has 5 nitrogen and oxygen atoms in total. The van der Waals surface area contributed by atoms with Crippen molar-refractivity contribution in [3.63, 3.8) is 0 Å². The van der Waals surface area contributed by atoms with Crippen LogP contribution in [0.2, 0.25) is 0 Å². The lowest BCUT2D eigenvalue weighted by atomic mass is 10.0. The van der Waals surface area contributed by atoms with Crippen LogP contribution in [0.1, 0.15) is 37.6 Å². The first-order chi connectivity index (χ1) is 12.3. The van der Waals surface area contributed by atoms with Crippen molar-refractivity contribution in [3.05, 3.63) is 54.1 Å². The van der Waals surface area contributed by atoms with Crippen molar-refractivity contribution in [3.8, 4) is 0 Å². The quantitative estimate of drug-likeness (QED) is 0.843. The number of piperidine rings is 1. The highest BCUT2D eigenvalue weighted by Crippen LogP contribution is 2.19. The van der Waals surface area contributed by atoms with Crippen LogP contribution in [0.5, 0.6) is 0 Å². The van der Waals surface area contributed by atoms with Gasteiger partial charge in [0, 0.05) is 38.4 Å². The van der Waals surface area contributed by atoms with Gasteiger partial charge < -0.3 is 9.88 Å². The molecule has 1 aliphatic rings. The molecule has 1 fully saturated rings. The number of hydrogen-bond acceptors (Lipinski definition) is 3. The van der Waals surface area contributed by atoms with Gasteiger partial charge in [0.2, 0.25) is 5.91 Å². The minimum absolute atomic E-state index is 0.0117. The van der Waals surface area contributed by atoms with Crippen molar-refractivity contribution in [2.24, 2.45) is 0 Å². The van der Waals surface area contributed by atoms with E-state index in [1.54, 1.807) is 0 Å². The molecular formula is C20H28N4O. The maximum atomic E-state index is 12.7. The van der Waals surface area contributed by atoms with Gasteiger partial charge in [-0.15, -0.1) is 0 Å². The summed E-state index contributed by atoms with van der Waals surface area (Å²) in [6, 6.07) is 10.4. The summed E-state index contributed by atoms with van der Waals surface area (Å²) >= 11 is 0. The van der Waals surface area contributed by atoms with Crippen LogP contribution in [0.25, 0.3) is 0 Å². The van der Waals surface area contributed by atoms with Gasteiger partial charge in [-0.2, -0.15) is 0 Å². The number of rotatable bonds is 7. The summed E-state index contributed by atoms with van der Waals surface area (Å²) in [6.07, 6.45) is 7.96. The van der Waals surface area contributed by atoms with E-state index in [0.717, 1.165) is 44.7 Å². The van der Waals surface area contributed by atoms with E-state index in [1.807, 2.05) is 18.5 Å². The maximum Gasteiger partial charge on any atom is 0.237 e. The zero-order chi connectivity index (χ0) is 17.5. The molecule has 1 aliphatic heterocycles. The molecule has 5 heteroatoms. The Kier molecular flexibility index (Phi) is 6.23. The van der Waals surface area contributed by atoms with Crippen LogP contribution in [0.15, 0.2) is 42.7 Å². The summed E-state index contributed by atoms with van der Waals surface area (Å²) in [7, 11) is 0. The Hall–Kier alpha value is -2.14. The van der Waals surface area contributed by atoms with Crippen LogP contribution in [-0.2, 0) is 24.3 Å². The molecule has 0 unspecified atom stereocenters. The summed E-state index contributed by atoms with van der Waals surface area (Å²) < 4.78 is 2.11. The van der Waals surface area contributed by atoms with Gasteiger partial charge in [-0.1, -0.05) is 43.7 Å². The molecule has 0 spiro atoms. The normalized spacial score (nSPS) is 18.2. The van der Waals surface area contributed by atoms with E-state index in [-0.39, 0.29) is 11.9 Å². The zero-order valence-corrected chi connectivity index (χ0v) is 15.0. The number of imidazole rings is 1. The van der Waals surface area contributed by atoms with Gasteiger partial charge in [0.15, 0.2) is 0 Å². The largest absolute Gasteiger partial charge is 0.353 e. The lowest BCUT2D eigenvalue weighted by molar-refractivity contribution is -0.127. The van der Waals surface area contributed by atoms with Crippen molar-refractivity contribution < 1.29 is 4.79 Å². The van der Waals surface area contributed by atoms with Gasteiger partial charge in [-0.25, -0.2) is 4.98 Å². The van der Waals surface area contributed by atoms with Crippen LogP contribution < -0.4 is 5.32 Å². The molecule has 1 saturated heterocycles. The molecule has 0 saturated carbocycles. The number of carbonyl (C=O) groups excluding carboxylic acids is 1. The first-order valence-electron chi connectivity index (χ1n) is 9.33. The molecule has 2 heterocycles. The third-order valence-electron chi connectivity index (χ3n) is 4.91. The second-order valence-corrected chi connectivity index (χ2v) is 6.65. The van der Waals surface area contributed by atoms with E-state index in [9.17, 15) is 4.79 Å². The molecule has 1 aromatic heterocycles. The highest BCUT2D eigenvalue weighted by molar-refractivity contribution is 5.81. The molecule has 134 valence electrons. The second-order valence-electron chi connectivity index (χ2n) is 6.65. The number of aryl methyl sites for hydroxylation is 1. The Balaban J connectivity index is 1.53. The number of hydrogen-bond donors (Lipinski definition) is 1. The average molecular weight is 340 g/mol. The Morgan fingerprint density at radius 2 is 2.12 bits per heavy atom. The monoisotopic (exact) mass is 340 g/mol. The average Bonchev–Trinajstić information content (AvgIpc) is 3.10. The van der Waals surface area contributed by atoms with Gasteiger partial charge in [0.05, 0.1) is 6.04 Å². The third-order valence-corrected chi connectivity index (χ3v) is 4.91. The number of nitrogens with one attached hydrogen (secondary N) is 1. The summed E-state index contributed by atoms with van der Waals surface area (Å²) in [4.78, 5) is 19.3. The van der Waals surface area contributed by atoms with E-state index < -0.39 is 0 Å². The van der Waals surface area contributed by atoms with Gasteiger partial charge in [0.25, 0.3) is 0 Å². The summed E-state index contributed by atoms with van der Waals surface area (Å²) in [6.45, 7) is 5.37. The van der Waals surface area contributed by atoms with Gasteiger partial charge in [-0.05, 0) is 24.9 Å². The van der Waals surface area contributed by atoms with Crippen molar-refractivity contribution in [2.45, 2.75) is 51.7 Å². The molecule has 1 amide bonds. The van der Waals surface area contributed by atoms with Crippen molar-refractivity contribution in [1.82, 2.24) is 19.8 Å². The number of amides is 1. The number of likely N-dealkylation sites (tertiary alicyclic amines) is 1. The third kappa shape index (κ3) is 4.69. The number of benzene rings is 1. The molecule has 25 heavy (non-hydrogen) atoms. The van der Waals surface area contributed by atoms with E-state index >= 15 is 0 Å². The first kappa shape index (κ1) is 17.7. The van der Waals surface area contributed by atoms with Crippen LogP contribution in [0.4, 0.5) is 0 Å². The Morgan fingerprint density at radius 3 is 2.92 bits per heavy atom. The van der Waals surface area contributed by atoms with E-state index in [2.05, 4.69) is 51.0 Å². The van der Waals surface area contributed by atoms with Gasteiger partial charge in [0.1, 0.15) is 5.82 Å². The predicted molar refractivity (Wildman–Crippen MR) is 99.1 cm³/mol. The summed E-state index contributed by atoms with van der Waals surface area (Å²) in [5.41, 5.74) is 1.27. The predicted octanol–water partition coefficient (Wildman–Crippen LogP) is 2.62.